The van der Waals surface area contributed by atoms with Gasteiger partial charge in [-0.2, -0.15) is 0 Å². The second-order valence-corrected chi connectivity index (χ2v) is 11.5. The van der Waals surface area contributed by atoms with Crippen LogP contribution in [0.15, 0.2) is 30.5 Å². The van der Waals surface area contributed by atoms with E-state index in [-0.39, 0.29) is 29.7 Å². The van der Waals surface area contributed by atoms with E-state index in [1.807, 2.05) is 18.3 Å². The molecule has 0 bridgehead atoms. The molecule has 6 heteroatoms. The molecular weight excluding hydrogens is 411 g/mol. The van der Waals surface area contributed by atoms with E-state index in [0.29, 0.717) is 5.88 Å². The first-order valence-electron chi connectivity index (χ1n) is 12.5. The molecule has 176 valence electrons. The first kappa shape index (κ1) is 22.7. The van der Waals surface area contributed by atoms with Gasteiger partial charge in [0.15, 0.2) is 0 Å². The van der Waals surface area contributed by atoms with Gasteiger partial charge in [-0.1, -0.05) is 19.1 Å². The topological polar surface area (TPSA) is 66.6 Å². The third-order valence-electron chi connectivity index (χ3n) is 8.56. The lowest BCUT2D eigenvalue weighted by Crippen LogP contribution is -2.41. The predicted molar refractivity (Wildman–Crippen MR) is 133 cm³/mol. The Morgan fingerprint density at radius 2 is 1.70 bits per heavy atom. The quantitative estimate of drug-likeness (QED) is 0.460. The Hall–Kier alpha value is -2.05. The zero-order valence-electron chi connectivity index (χ0n) is 20.7. The van der Waals surface area contributed by atoms with Crippen LogP contribution in [-0.2, 0) is 22.2 Å². The number of hydrogen-bond donors (Lipinski definition) is 1. The standard InChI is InChI=1S/C27H37BN2O3/c1-25(2)26(3,4)33-28(32-25)27(5)14-11-20(12-15-27)31-23-17-19(13-16-30-23)22-10-9-18-7-6-8-21(18)24(22)29/h9-10,13,16-17,20H,6-8,11-12,14-15,29H2,1-5H3. The van der Waals surface area contributed by atoms with Gasteiger partial charge in [0.1, 0.15) is 6.10 Å². The number of benzene rings is 1. The largest absolute Gasteiger partial charge is 0.474 e. The van der Waals surface area contributed by atoms with E-state index in [1.54, 1.807) is 0 Å². The number of aromatic nitrogens is 1. The molecule has 5 nitrogen and oxygen atoms in total. The highest BCUT2D eigenvalue weighted by atomic mass is 16.7. The number of aryl methyl sites for hydroxylation is 1. The van der Waals surface area contributed by atoms with E-state index in [2.05, 4.69) is 51.7 Å². The van der Waals surface area contributed by atoms with Crippen LogP contribution in [0.25, 0.3) is 11.1 Å². The van der Waals surface area contributed by atoms with Crippen molar-refractivity contribution in [2.45, 2.75) is 102 Å². The Morgan fingerprint density at radius 1 is 1.00 bits per heavy atom. The lowest BCUT2D eigenvalue weighted by atomic mass is 9.52. The van der Waals surface area contributed by atoms with Crippen LogP contribution in [0.1, 0.15) is 77.8 Å². The van der Waals surface area contributed by atoms with Crippen molar-refractivity contribution >= 4 is 12.8 Å². The molecule has 0 amide bonds. The number of nitrogens with zero attached hydrogens (tertiary/aromatic N) is 1. The van der Waals surface area contributed by atoms with E-state index in [4.69, 9.17) is 19.8 Å². The van der Waals surface area contributed by atoms with E-state index in [9.17, 15) is 0 Å². The van der Waals surface area contributed by atoms with Gasteiger partial charge in [-0.15, -0.1) is 0 Å². The monoisotopic (exact) mass is 448 g/mol. The molecule has 0 atom stereocenters. The minimum Gasteiger partial charge on any atom is -0.474 e. The number of nitrogen functional groups attached to an aromatic ring is 1. The van der Waals surface area contributed by atoms with E-state index in [1.165, 1.54) is 17.5 Å². The molecular formula is C27H37BN2O3. The van der Waals surface area contributed by atoms with Gasteiger partial charge in [-0.3, -0.25) is 0 Å². The predicted octanol–water partition coefficient (Wildman–Crippen LogP) is 5.99. The number of pyridine rings is 1. The number of fused-ring (bicyclic) bond motifs is 1. The summed E-state index contributed by atoms with van der Waals surface area (Å²) in [5.74, 6) is 0.677. The van der Waals surface area contributed by atoms with Gasteiger partial charge in [0.05, 0.1) is 11.2 Å². The molecule has 33 heavy (non-hydrogen) atoms. The average Bonchev–Trinajstić information content (AvgIpc) is 3.33. The Labute approximate surface area is 198 Å². The first-order valence-corrected chi connectivity index (χ1v) is 12.5. The number of nitrogens with two attached hydrogens (primary N) is 1. The summed E-state index contributed by atoms with van der Waals surface area (Å²) in [5.41, 5.74) is 11.7. The van der Waals surface area contributed by atoms with Crippen molar-refractivity contribution in [2.24, 2.45) is 0 Å². The van der Waals surface area contributed by atoms with Crippen LogP contribution in [0.3, 0.4) is 0 Å². The minimum atomic E-state index is -0.294. The molecule has 2 N–H and O–H groups in total. The maximum Gasteiger partial charge on any atom is 0.464 e. The smallest absolute Gasteiger partial charge is 0.464 e. The number of rotatable bonds is 4. The third kappa shape index (κ3) is 4.06. The lowest BCUT2D eigenvalue weighted by Gasteiger charge is -2.38. The average molecular weight is 448 g/mol. The van der Waals surface area contributed by atoms with Crippen LogP contribution in [0.2, 0.25) is 5.31 Å². The molecule has 0 unspecified atom stereocenters. The molecule has 0 radical (unpaired) electrons. The summed E-state index contributed by atoms with van der Waals surface area (Å²) in [7, 11) is -0.173. The molecule has 3 aliphatic rings. The van der Waals surface area contributed by atoms with Crippen molar-refractivity contribution in [3.05, 3.63) is 41.6 Å². The van der Waals surface area contributed by atoms with E-state index in [0.717, 1.165) is 55.3 Å². The van der Waals surface area contributed by atoms with Crippen molar-refractivity contribution < 1.29 is 14.0 Å². The van der Waals surface area contributed by atoms with Gasteiger partial charge in [0.25, 0.3) is 0 Å². The summed E-state index contributed by atoms with van der Waals surface area (Å²) in [6.45, 7) is 10.8. The molecule has 2 fully saturated rings. The normalized spacial score (nSPS) is 28.0. The summed E-state index contributed by atoms with van der Waals surface area (Å²) in [6, 6.07) is 8.44. The van der Waals surface area contributed by atoms with Gasteiger partial charge >= 0.3 is 7.12 Å². The van der Waals surface area contributed by atoms with Gasteiger partial charge in [0.2, 0.25) is 5.88 Å². The van der Waals surface area contributed by atoms with Crippen LogP contribution in [0.5, 0.6) is 5.88 Å². The second kappa shape index (κ2) is 8.02. The van der Waals surface area contributed by atoms with Gasteiger partial charge in [-0.25, -0.2) is 4.98 Å². The van der Waals surface area contributed by atoms with Crippen molar-refractivity contribution in [1.82, 2.24) is 4.98 Å². The van der Waals surface area contributed by atoms with Crippen molar-refractivity contribution in [2.75, 3.05) is 5.73 Å². The second-order valence-electron chi connectivity index (χ2n) is 11.5. The number of anilines is 1. The Balaban J connectivity index is 1.25. The summed E-state index contributed by atoms with van der Waals surface area (Å²) in [6.07, 6.45) is 9.33. The molecule has 1 saturated carbocycles. The Bertz CT molecular complexity index is 1030. The first-order chi connectivity index (χ1) is 15.6. The van der Waals surface area contributed by atoms with Crippen LogP contribution < -0.4 is 10.5 Å². The Kier molecular flexibility index (Phi) is 5.53. The maximum atomic E-state index is 6.54. The molecule has 2 heterocycles. The number of hydrogen-bond acceptors (Lipinski definition) is 5. The zero-order valence-corrected chi connectivity index (χ0v) is 20.7. The van der Waals surface area contributed by atoms with Crippen molar-refractivity contribution in [1.29, 1.82) is 0 Å². The molecule has 1 saturated heterocycles. The molecule has 5 rings (SSSR count). The fourth-order valence-corrected chi connectivity index (χ4v) is 5.49. The van der Waals surface area contributed by atoms with Crippen molar-refractivity contribution in [3.8, 4) is 17.0 Å². The number of ether oxygens (including phenoxy) is 1. The highest BCUT2D eigenvalue weighted by Gasteiger charge is 2.58. The van der Waals surface area contributed by atoms with Gasteiger partial charge in [-0.05, 0) is 95.4 Å². The van der Waals surface area contributed by atoms with E-state index >= 15 is 0 Å². The Morgan fingerprint density at radius 3 is 2.39 bits per heavy atom. The fourth-order valence-electron chi connectivity index (χ4n) is 5.49. The molecule has 2 aromatic rings. The lowest BCUT2D eigenvalue weighted by molar-refractivity contribution is 0.00578. The SMILES string of the molecule is CC1(B2OC(C)(C)C(C)(C)O2)CCC(Oc2cc(-c3ccc4c(c3N)CCC4)ccn2)CC1. The summed E-state index contributed by atoms with van der Waals surface area (Å²) < 4.78 is 19.1. The van der Waals surface area contributed by atoms with Crippen LogP contribution >= 0.6 is 0 Å². The molecule has 2 aliphatic carbocycles. The fraction of sp³-hybridized carbons (Fsp3) is 0.593. The van der Waals surface area contributed by atoms with Gasteiger partial charge in [0, 0.05) is 28.8 Å². The van der Waals surface area contributed by atoms with Crippen LogP contribution in [-0.4, -0.2) is 29.4 Å². The van der Waals surface area contributed by atoms with E-state index < -0.39 is 0 Å². The molecule has 0 spiro atoms. The third-order valence-corrected chi connectivity index (χ3v) is 8.56. The van der Waals surface area contributed by atoms with Crippen LogP contribution in [0, 0.1) is 0 Å². The molecule has 1 aliphatic heterocycles. The summed E-state index contributed by atoms with van der Waals surface area (Å²) in [5, 5.41) is -0.000948. The zero-order chi connectivity index (χ0) is 23.4. The highest BCUT2D eigenvalue weighted by molar-refractivity contribution is 6.49. The maximum absolute atomic E-state index is 6.54. The van der Waals surface area contributed by atoms with Gasteiger partial charge < -0.3 is 19.8 Å². The summed E-state index contributed by atoms with van der Waals surface area (Å²) >= 11 is 0. The summed E-state index contributed by atoms with van der Waals surface area (Å²) in [4.78, 5) is 4.50. The molecule has 1 aromatic carbocycles. The minimum absolute atomic E-state index is 0.000948. The highest BCUT2D eigenvalue weighted by Crippen LogP contribution is 2.52. The molecule has 1 aromatic heterocycles. The van der Waals surface area contributed by atoms with Crippen LogP contribution in [0.4, 0.5) is 5.69 Å². The van der Waals surface area contributed by atoms with Crippen molar-refractivity contribution in [3.63, 3.8) is 0 Å².